The van der Waals surface area contributed by atoms with Crippen molar-refractivity contribution < 1.29 is 4.74 Å². The molecule has 2 aliphatic carbocycles. The Labute approximate surface area is 155 Å². The number of hydrogen-bond donors (Lipinski definition) is 1. The van der Waals surface area contributed by atoms with Crippen LogP contribution in [0.4, 0.5) is 5.69 Å². The van der Waals surface area contributed by atoms with E-state index in [1.54, 1.807) is 7.11 Å². The van der Waals surface area contributed by atoms with E-state index in [-0.39, 0.29) is 5.41 Å². The standard InChI is InChI=1S/C23H24N2O/c1-26-19-11-9-18(10-12-19)25-22-20-8-4-3-7-17(20)15-23(21(22)16-24)13-5-2-6-14-23/h3-4,7-12,25H,2,5-6,13-15H2,1H3. The fraction of sp³-hybridized carbons (Fsp3) is 0.348. The molecule has 0 bridgehead atoms. The Kier molecular flexibility index (Phi) is 4.42. The number of benzene rings is 2. The fourth-order valence-electron chi connectivity index (χ4n) is 4.55. The minimum atomic E-state index is -0.00381. The highest BCUT2D eigenvalue weighted by atomic mass is 16.5. The quantitative estimate of drug-likeness (QED) is 0.794. The van der Waals surface area contributed by atoms with E-state index < -0.39 is 0 Å². The van der Waals surface area contributed by atoms with Crippen LogP contribution in [0.25, 0.3) is 5.70 Å². The number of nitrogens with zero attached hydrogens (tertiary/aromatic N) is 1. The summed E-state index contributed by atoms with van der Waals surface area (Å²) in [4.78, 5) is 0. The molecule has 0 aliphatic heterocycles. The number of anilines is 1. The molecule has 0 atom stereocenters. The molecule has 1 spiro atoms. The average Bonchev–Trinajstić information content (AvgIpc) is 2.69. The normalized spacial score (nSPS) is 18.2. The summed E-state index contributed by atoms with van der Waals surface area (Å²) in [6, 6.07) is 19.0. The molecule has 1 N–H and O–H groups in total. The fourth-order valence-corrected chi connectivity index (χ4v) is 4.55. The molecule has 3 heteroatoms. The monoisotopic (exact) mass is 344 g/mol. The summed E-state index contributed by atoms with van der Waals surface area (Å²) in [5.74, 6) is 0.831. The number of ether oxygens (including phenoxy) is 1. The van der Waals surface area contributed by atoms with Gasteiger partial charge in [-0.2, -0.15) is 5.26 Å². The van der Waals surface area contributed by atoms with Crippen molar-refractivity contribution in [1.29, 1.82) is 5.26 Å². The Bertz CT molecular complexity index is 868. The third-order valence-electron chi connectivity index (χ3n) is 5.88. The van der Waals surface area contributed by atoms with Gasteiger partial charge in [-0.05, 0) is 49.1 Å². The lowest BCUT2D eigenvalue weighted by atomic mass is 9.62. The van der Waals surface area contributed by atoms with Gasteiger partial charge in [-0.25, -0.2) is 0 Å². The number of hydrogen-bond acceptors (Lipinski definition) is 3. The molecule has 0 radical (unpaired) electrons. The molecule has 2 aromatic carbocycles. The first-order chi connectivity index (χ1) is 12.8. The Balaban J connectivity index is 1.81. The molecular weight excluding hydrogens is 320 g/mol. The lowest BCUT2D eigenvalue weighted by Gasteiger charge is -2.42. The first kappa shape index (κ1) is 16.7. The van der Waals surface area contributed by atoms with Crippen LogP contribution in [0.3, 0.4) is 0 Å². The van der Waals surface area contributed by atoms with E-state index in [0.29, 0.717) is 0 Å². The van der Waals surface area contributed by atoms with E-state index in [4.69, 9.17) is 4.74 Å². The molecule has 26 heavy (non-hydrogen) atoms. The number of rotatable bonds is 3. The summed E-state index contributed by atoms with van der Waals surface area (Å²) >= 11 is 0. The minimum Gasteiger partial charge on any atom is -0.497 e. The molecule has 1 saturated carbocycles. The van der Waals surface area contributed by atoms with Crippen molar-refractivity contribution in [2.45, 2.75) is 38.5 Å². The molecule has 1 fully saturated rings. The van der Waals surface area contributed by atoms with Gasteiger partial charge < -0.3 is 10.1 Å². The van der Waals surface area contributed by atoms with Crippen LogP contribution < -0.4 is 10.1 Å². The predicted octanol–water partition coefficient (Wildman–Crippen LogP) is 5.55. The van der Waals surface area contributed by atoms with Crippen LogP contribution in [0.5, 0.6) is 5.75 Å². The molecule has 4 rings (SSSR count). The Hall–Kier alpha value is -2.73. The average molecular weight is 344 g/mol. The Morgan fingerprint density at radius 3 is 2.42 bits per heavy atom. The van der Waals surface area contributed by atoms with Crippen molar-refractivity contribution in [3.8, 4) is 11.8 Å². The number of allylic oxidation sites excluding steroid dienone is 1. The summed E-state index contributed by atoms with van der Waals surface area (Å²) < 4.78 is 5.26. The Morgan fingerprint density at radius 2 is 1.73 bits per heavy atom. The second kappa shape index (κ2) is 6.88. The summed E-state index contributed by atoms with van der Waals surface area (Å²) in [6.07, 6.45) is 6.91. The van der Waals surface area contributed by atoms with Gasteiger partial charge in [-0.1, -0.05) is 43.5 Å². The molecular formula is C23H24N2O. The van der Waals surface area contributed by atoms with Gasteiger partial charge >= 0.3 is 0 Å². The van der Waals surface area contributed by atoms with Gasteiger partial charge in [0.25, 0.3) is 0 Å². The molecule has 132 valence electrons. The van der Waals surface area contributed by atoms with Crippen molar-refractivity contribution in [2.75, 3.05) is 12.4 Å². The molecule has 0 amide bonds. The van der Waals surface area contributed by atoms with Crippen LogP contribution in [0, 0.1) is 16.7 Å². The van der Waals surface area contributed by atoms with Crippen LogP contribution in [-0.2, 0) is 6.42 Å². The summed E-state index contributed by atoms with van der Waals surface area (Å²) in [6.45, 7) is 0. The smallest absolute Gasteiger partial charge is 0.119 e. The highest BCUT2D eigenvalue weighted by Crippen LogP contribution is 2.51. The summed E-state index contributed by atoms with van der Waals surface area (Å²) in [5, 5.41) is 13.7. The highest BCUT2D eigenvalue weighted by Gasteiger charge is 2.41. The second-order valence-electron chi connectivity index (χ2n) is 7.39. The van der Waals surface area contributed by atoms with Crippen molar-refractivity contribution in [1.82, 2.24) is 0 Å². The number of fused-ring (bicyclic) bond motifs is 1. The van der Waals surface area contributed by atoms with Crippen molar-refractivity contribution >= 4 is 11.4 Å². The van der Waals surface area contributed by atoms with Crippen LogP contribution in [0.2, 0.25) is 0 Å². The summed E-state index contributed by atoms with van der Waals surface area (Å²) in [5.41, 5.74) is 5.42. The van der Waals surface area contributed by atoms with Crippen molar-refractivity contribution in [2.24, 2.45) is 5.41 Å². The predicted molar refractivity (Wildman–Crippen MR) is 105 cm³/mol. The van der Waals surface area contributed by atoms with E-state index in [9.17, 15) is 5.26 Å². The first-order valence-electron chi connectivity index (χ1n) is 9.40. The van der Waals surface area contributed by atoms with E-state index in [2.05, 4.69) is 35.7 Å². The molecule has 0 heterocycles. The zero-order valence-electron chi connectivity index (χ0n) is 15.2. The lowest BCUT2D eigenvalue weighted by molar-refractivity contribution is 0.242. The molecule has 0 aromatic heterocycles. The topological polar surface area (TPSA) is 45.0 Å². The molecule has 3 nitrogen and oxygen atoms in total. The molecule has 2 aromatic rings. The van der Waals surface area contributed by atoms with E-state index >= 15 is 0 Å². The number of nitriles is 1. The zero-order chi connectivity index (χ0) is 18.0. The van der Waals surface area contributed by atoms with Crippen LogP contribution in [0.1, 0.15) is 43.2 Å². The summed E-state index contributed by atoms with van der Waals surface area (Å²) in [7, 11) is 1.67. The van der Waals surface area contributed by atoms with Gasteiger partial charge in [0.15, 0.2) is 0 Å². The maximum atomic E-state index is 10.1. The number of nitrogens with one attached hydrogen (secondary N) is 1. The van der Waals surface area contributed by atoms with Crippen LogP contribution >= 0.6 is 0 Å². The van der Waals surface area contributed by atoms with Crippen molar-refractivity contribution in [3.05, 3.63) is 65.2 Å². The van der Waals surface area contributed by atoms with Gasteiger partial charge in [-0.15, -0.1) is 0 Å². The number of methoxy groups -OCH3 is 1. The largest absolute Gasteiger partial charge is 0.497 e. The van der Waals surface area contributed by atoms with Gasteiger partial charge in [0.2, 0.25) is 0 Å². The maximum Gasteiger partial charge on any atom is 0.119 e. The third-order valence-corrected chi connectivity index (χ3v) is 5.88. The van der Waals surface area contributed by atoms with Crippen molar-refractivity contribution in [3.63, 3.8) is 0 Å². The Morgan fingerprint density at radius 1 is 1.00 bits per heavy atom. The highest BCUT2D eigenvalue weighted by molar-refractivity contribution is 5.85. The van der Waals surface area contributed by atoms with Gasteiger partial charge in [0.1, 0.15) is 5.75 Å². The SMILES string of the molecule is COc1ccc(NC2=C(C#N)C3(CCCCC3)Cc3ccccc32)cc1. The van der Waals surface area contributed by atoms with Gasteiger partial charge in [0.05, 0.1) is 24.4 Å². The van der Waals surface area contributed by atoms with E-state index in [0.717, 1.165) is 47.5 Å². The molecule has 0 saturated heterocycles. The molecule has 0 unspecified atom stereocenters. The maximum absolute atomic E-state index is 10.1. The van der Waals surface area contributed by atoms with E-state index in [1.165, 1.54) is 24.8 Å². The molecule has 2 aliphatic rings. The van der Waals surface area contributed by atoms with Gasteiger partial charge in [0, 0.05) is 16.7 Å². The van der Waals surface area contributed by atoms with Crippen LogP contribution in [0.15, 0.2) is 54.1 Å². The van der Waals surface area contributed by atoms with Crippen LogP contribution in [-0.4, -0.2) is 7.11 Å². The first-order valence-corrected chi connectivity index (χ1v) is 9.40. The van der Waals surface area contributed by atoms with Gasteiger partial charge in [-0.3, -0.25) is 0 Å². The zero-order valence-corrected chi connectivity index (χ0v) is 15.2. The second-order valence-corrected chi connectivity index (χ2v) is 7.39. The minimum absolute atomic E-state index is 0.00381. The van der Waals surface area contributed by atoms with E-state index in [1.807, 2.05) is 24.3 Å². The lowest BCUT2D eigenvalue weighted by Crippen LogP contribution is -2.33. The third kappa shape index (κ3) is 2.86.